The molecule has 23 heavy (non-hydrogen) atoms. The standard InChI is InChI=1S/C16H17NO5S/c1-13-4-10-16(11-5-13)23(20,21)22-12-2-3-14-6-8-15(9-7-14)17(18)19/h4-11H,2-3,12H2,1H3. The Hall–Kier alpha value is -2.25. The highest BCUT2D eigenvalue weighted by atomic mass is 32.2. The topological polar surface area (TPSA) is 86.5 Å². The fourth-order valence-electron chi connectivity index (χ4n) is 2.00. The van der Waals surface area contributed by atoms with Gasteiger partial charge in [-0.1, -0.05) is 29.8 Å². The molecule has 0 saturated heterocycles. The fraction of sp³-hybridized carbons (Fsp3) is 0.250. The second-order valence-corrected chi connectivity index (χ2v) is 6.73. The van der Waals surface area contributed by atoms with Crippen LogP contribution in [0.15, 0.2) is 53.4 Å². The Morgan fingerprint density at radius 3 is 2.22 bits per heavy atom. The largest absolute Gasteiger partial charge is 0.296 e. The number of aryl methyl sites for hydroxylation is 2. The van der Waals surface area contributed by atoms with Crippen molar-refractivity contribution in [2.75, 3.05) is 6.61 Å². The summed E-state index contributed by atoms with van der Waals surface area (Å²) in [7, 11) is -3.74. The van der Waals surface area contributed by atoms with Crippen LogP contribution in [0.4, 0.5) is 5.69 Å². The van der Waals surface area contributed by atoms with Crippen molar-refractivity contribution in [3.8, 4) is 0 Å². The summed E-state index contributed by atoms with van der Waals surface area (Å²) in [6.45, 7) is 1.94. The predicted molar refractivity (Wildman–Crippen MR) is 85.7 cm³/mol. The highest BCUT2D eigenvalue weighted by Gasteiger charge is 2.14. The van der Waals surface area contributed by atoms with Gasteiger partial charge in [-0.3, -0.25) is 14.3 Å². The summed E-state index contributed by atoms with van der Waals surface area (Å²) in [6, 6.07) is 12.6. The SMILES string of the molecule is Cc1ccc(S(=O)(=O)OCCCc2ccc([N+](=O)[O-])cc2)cc1. The molecule has 7 heteroatoms. The third-order valence-corrected chi connectivity index (χ3v) is 4.63. The van der Waals surface area contributed by atoms with E-state index < -0.39 is 15.0 Å². The maximum atomic E-state index is 12.0. The van der Waals surface area contributed by atoms with Crippen molar-refractivity contribution in [1.82, 2.24) is 0 Å². The lowest BCUT2D eigenvalue weighted by molar-refractivity contribution is -0.384. The van der Waals surface area contributed by atoms with Crippen LogP contribution >= 0.6 is 0 Å². The molecule has 0 spiro atoms. The van der Waals surface area contributed by atoms with Gasteiger partial charge in [0.15, 0.2) is 0 Å². The van der Waals surface area contributed by atoms with Gasteiger partial charge < -0.3 is 0 Å². The first-order valence-electron chi connectivity index (χ1n) is 7.08. The summed E-state index contributed by atoms with van der Waals surface area (Å²) < 4.78 is 29.0. The van der Waals surface area contributed by atoms with Crippen LogP contribution in [0.3, 0.4) is 0 Å². The first-order valence-corrected chi connectivity index (χ1v) is 8.49. The first kappa shape index (κ1) is 17.1. The Balaban J connectivity index is 1.84. The van der Waals surface area contributed by atoms with Crippen molar-refractivity contribution in [3.05, 3.63) is 69.8 Å². The van der Waals surface area contributed by atoms with Gasteiger partial charge in [0.25, 0.3) is 15.8 Å². The highest BCUT2D eigenvalue weighted by molar-refractivity contribution is 7.86. The first-order chi connectivity index (χ1) is 10.9. The molecule has 0 bridgehead atoms. The van der Waals surface area contributed by atoms with E-state index in [0.29, 0.717) is 12.8 Å². The van der Waals surface area contributed by atoms with Gasteiger partial charge in [-0.25, -0.2) is 0 Å². The number of rotatable bonds is 7. The van der Waals surface area contributed by atoms with E-state index in [1.165, 1.54) is 24.3 Å². The van der Waals surface area contributed by atoms with Gasteiger partial charge in [-0.05, 0) is 37.5 Å². The smallest absolute Gasteiger partial charge is 0.266 e. The normalized spacial score (nSPS) is 11.3. The lowest BCUT2D eigenvalue weighted by Gasteiger charge is -2.06. The molecule has 2 rings (SSSR count). The second kappa shape index (κ2) is 7.34. The third kappa shape index (κ3) is 4.87. The Morgan fingerprint density at radius 2 is 1.65 bits per heavy atom. The van der Waals surface area contributed by atoms with Crippen molar-refractivity contribution >= 4 is 15.8 Å². The van der Waals surface area contributed by atoms with Gasteiger partial charge in [-0.15, -0.1) is 0 Å². The molecular formula is C16H17NO5S. The number of hydrogen-bond donors (Lipinski definition) is 0. The zero-order valence-corrected chi connectivity index (χ0v) is 13.5. The van der Waals surface area contributed by atoms with Gasteiger partial charge >= 0.3 is 0 Å². The summed E-state index contributed by atoms with van der Waals surface area (Å²) >= 11 is 0. The zero-order valence-electron chi connectivity index (χ0n) is 12.6. The van der Waals surface area contributed by atoms with Crippen LogP contribution in [-0.2, 0) is 20.7 Å². The molecule has 2 aromatic rings. The van der Waals surface area contributed by atoms with Crippen LogP contribution < -0.4 is 0 Å². The number of benzene rings is 2. The molecule has 6 nitrogen and oxygen atoms in total. The fourth-order valence-corrected chi connectivity index (χ4v) is 2.95. The Bertz CT molecular complexity index is 767. The average Bonchev–Trinajstić information content (AvgIpc) is 2.52. The van der Waals surface area contributed by atoms with Crippen molar-refractivity contribution in [1.29, 1.82) is 0 Å². The minimum atomic E-state index is -3.74. The van der Waals surface area contributed by atoms with E-state index in [0.717, 1.165) is 11.1 Å². The molecule has 0 radical (unpaired) electrons. The maximum absolute atomic E-state index is 12.0. The van der Waals surface area contributed by atoms with E-state index in [2.05, 4.69) is 0 Å². The van der Waals surface area contributed by atoms with Crippen LogP contribution in [0.5, 0.6) is 0 Å². The van der Waals surface area contributed by atoms with Crippen LogP contribution in [-0.4, -0.2) is 19.9 Å². The molecule has 122 valence electrons. The van der Waals surface area contributed by atoms with Crippen molar-refractivity contribution in [2.45, 2.75) is 24.7 Å². The number of nitro groups is 1. The van der Waals surface area contributed by atoms with Gasteiger partial charge in [0.2, 0.25) is 0 Å². The maximum Gasteiger partial charge on any atom is 0.296 e. The number of non-ortho nitro benzene ring substituents is 1. The second-order valence-electron chi connectivity index (χ2n) is 5.12. The number of hydrogen-bond acceptors (Lipinski definition) is 5. The molecular weight excluding hydrogens is 318 g/mol. The molecule has 0 aliphatic rings. The number of nitro benzene ring substituents is 1. The highest BCUT2D eigenvalue weighted by Crippen LogP contribution is 2.15. The molecule has 2 aromatic carbocycles. The monoisotopic (exact) mass is 335 g/mol. The van der Waals surface area contributed by atoms with Crippen molar-refractivity contribution in [2.24, 2.45) is 0 Å². The summed E-state index contributed by atoms with van der Waals surface area (Å²) in [5.41, 5.74) is 1.90. The quantitative estimate of drug-likeness (QED) is 0.335. The Kier molecular flexibility index (Phi) is 5.46. The third-order valence-electron chi connectivity index (χ3n) is 3.31. The van der Waals surface area contributed by atoms with Crippen LogP contribution in [0.2, 0.25) is 0 Å². The van der Waals surface area contributed by atoms with Gasteiger partial charge in [0, 0.05) is 12.1 Å². The molecule has 0 heterocycles. The molecule has 0 fully saturated rings. The van der Waals surface area contributed by atoms with Gasteiger partial charge in [0.1, 0.15) is 0 Å². The van der Waals surface area contributed by atoms with Crippen LogP contribution in [0.1, 0.15) is 17.5 Å². The van der Waals surface area contributed by atoms with E-state index in [-0.39, 0.29) is 17.2 Å². The van der Waals surface area contributed by atoms with Crippen LogP contribution in [0.25, 0.3) is 0 Å². The van der Waals surface area contributed by atoms with Crippen molar-refractivity contribution in [3.63, 3.8) is 0 Å². The summed E-state index contributed by atoms with van der Waals surface area (Å²) in [5.74, 6) is 0. The number of nitrogens with zero attached hydrogens (tertiary/aromatic N) is 1. The lowest BCUT2D eigenvalue weighted by atomic mass is 10.1. The summed E-state index contributed by atoms with van der Waals surface area (Å²) in [4.78, 5) is 10.2. The lowest BCUT2D eigenvalue weighted by Crippen LogP contribution is -2.08. The van der Waals surface area contributed by atoms with E-state index in [4.69, 9.17) is 4.18 Å². The molecule has 0 unspecified atom stereocenters. The minimum Gasteiger partial charge on any atom is -0.266 e. The zero-order chi connectivity index (χ0) is 16.9. The van der Waals surface area contributed by atoms with Gasteiger partial charge in [-0.2, -0.15) is 8.42 Å². The Morgan fingerprint density at radius 1 is 1.04 bits per heavy atom. The van der Waals surface area contributed by atoms with E-state index in [1.807, 2.05) is 6.92 Å². The molecule has 0 amide bonds. The molecule has 0 aliphatic carbocycles. The average molecular weight is 335 g/mol. The summed E-state index contributed by atoms with van der Waals surface area (Å²) in [5, 5.41) is 10.6. The molecule has 0 N–H and O–H groups in total. The Labute approximate surface area is 135 Å². The van der Waals surface area contributed by atoms with Crippen LogP contribution in [0, 0.1) is 17.0 Å². The molecule has 0 aromatic heterocycles. The molecule has 0 aliphatic heterocycles. The van der Waals surface area contributed by atoms with Gasteiger partial charge in [0.05, 0.1) is 16.4 Å². The van der Waals surface area contributed by atoms with E-state index >= 15 is 0 Å². The molecule has 0 saturated carbocycles. The van der Waals surface area contributed by atoms with E-state index in [9.17, 15) is 18.5 Å². The molecule has 0 atom stereocenters. The van der Waals surface area contributed by atoms with Crippen molar-refractivity contribution < 1.29 is 17.5 Å². The van der Waals surface area contributed by atoms with E-state index in [1.54, 1.807) is 24.3 Å². The summed E-state index contributed by atoms with van der Waals surface area (Å²) in [6.07, 6.45) is 1.09. The predicted octanol–water partition coefficient (Wildman–Crippen LogP) is 3.24. The minimum absolute atomic E-state index is 0.0342.